The number of carbonyl (C=O) groups is 2. The second kappa shape index (κ2) is 10.1. The predicted octanol–water partition coefficient (Wildman–Crippen LogP) is 5.84. The normalized spacial score (nSPS) is 19.0. The third-order valence-corrected chi connectivity index (χ3v) is 6.47. The molecule has 1 fully saturated rings. The molecule has 0 radical (unpaired) electrons. The van der Waals surface area contributed by atoms with Crippen molar-refractivity contribution in [1.29, 1.82) is 0 Å². The van der Waals surface area contributed by atoms with E-state index in [0.717, 1.165) is 29.7 Å². The van der Waals surface area contributed by atoms with Gasteiger partial charge in [-0.15, -0.1) is 0 Å². The van der Waals surface area contributed by atoms with Crippen LogP contribution in [-0.2, 0) is 11.2 Å². The Kier molecular flexibility index (Phi) is 7.61. The lowest BCUT2D eigenvalue weighted by Gasteiger charge is -2.38. The number of hydrogen-bond donors (Lipinski definition) is 1. The lowest BCUT2D eigenvalue weighted by atomic mass is 9.84. The number of nitrogens with zero attached hydrogens (tertiary/aromatic N) is 1. The molecule has 0 saturated carbocycles. The van der Waals surface area contributed by atoms with E-state index in [2.05, 4.69) is 26.1 Å². The van der Waals surface area contributed by atoms with Gasteiger partial charge in [-0.05, 0) is 79.3 Å². The van der Waals surface area contributed by atoms with Crippen LogP contribution in [-0.4, -0.2) is 24.9 Å². The maximum absolute atomic E-state index is 14.2. The summed E-state index contributed by atoms with van der Waals surface area (Å²) in [5.41, 5.74) is 4.15. The molecule has 1 aliphatic heterocycles. The summed E-state index contributed by atoms with van der Waals surface area (Å²) in [4.78, 5) is 27.7. The second-order valence-electron chi connectivity index (χ2n) is 10.8. The van der Waals surface area contributed by atoms with Gasteiger partial charge in [0.15, 0.2) is 0 Å². The first kappa shape index (κ1) is 24.9. The van der Waals surface area contributed by atoms with Crippen molar-refractivity contribution >= 4 is 17.5 Å². The highest BCUT2D eigenvalue weighted by atomic mass is 19.1. The number of halogens is 1. The molecule has 4 nitrogen and oxygen atoms in total. The number of hydrogen-bond acceptors (Lipinski definition) is 2. The van der Waals surface area contributed by atoms with Crippen LogP contribution < -0.4 is 10.2 Å². The van der Waals surface area contributed by atoms with E-state index in [9.17, 15) is 14.0 Å². The first-order valence-electron chi connectivity index (χ1n) is 11.9. The fraction of sp³-hybridized carbons (Fsp3) is 0.500. The van der Waals surface area contributed by atoms with Crippen LogP contribution in [0.25, 0.3) is 0 Å². The Hall–Kier alpha value is -2.69. The van der Waals surface area contributed by atoms with Crippen molar-refractivity contribution in [3.8, 4) is 0 Å². The number of rotatable bonds is 6. The van der Waals surface area contributed by atoms with Gasteiger partial charge in [-0.2, -0.15) is 0 Å². The lowest BCUT2D eigenvalue weighted by Crippen LogP contribution is -2.46. The SMILES string of the molecule is Cc1cc(C(=O)NCCC(C)(C)C)cc(C)c1N1C[C@@H](Cc2ccccc2F)C[C@@H](C)C1=O. The van der Waals surface area contributed by atoms with Gasteiger partial charge in [-0.25, -0.2) is 4.39 Å². The zero-order valence-electron chi connectivity index (χ0n) is 20.8. The Labute approximate surface area is 197 Å². The first-order valence-corrected chi connectivity index (χ1v) is 11.9. The van der Waals surface area contributed by atoms with Gasteiger partial charge < -0.3 is 10.2 Å². The van der Waals surface area contributed by atoms with Gasteiger partial charge in [-0.1, -0.05) is 45.9 Å². The van der Waals surface area contributed by atoms with Gasteiger partial charge in [0.25, 0.3) is 5.91 Å². The van der Waals surface area contributed by atoms with E-state index in [0.29, 0.717) is 30.6 Å². The minimum atomic E-state index is -0.192. The van der Waals surface area contributed by atoms with Crippen LogP contribution in [0.5, 0.6) is 0 Å². The molecule has 0 aromatic heterocycles. The zero-order chi connectivity index (χ0) is 24.3. The highest BCUT2D eigenvalue weighted by Crippen LogP contribution is 2.34. The quantitative estimate of drug-likeness (QED) is 0.599. The van der Waals surface area contributed by atoms with E-state index in [1.54, 1.807) is 6.07 Å². The number of anilines is 1. The van der Waals surface area contributed by atoms with Crippen molar-refractivity contribution in [3.63, 3.8) is 0 Å². The average molecular weight is 453 g/mol. The average Bonchev–Trinajstić information content (AvgIpc) is 2.71. The molecule has 1 aliphatic rings. The fourth-order valence-electron chi connectivity index (χ4n) is 4.78. The fourth-order valence-corrected chi connectivity index (χ4v) is 4.78. The summed E-state index contributed by atoms with van der Waals surface area (Å²) >= 11 is 0. The van der Waals surface area contributed by atoms with E-state index in [1.165, 1.54) is 6.07 Å². The molecular formula is C28H37FN2O2. The van der Waals surface area contributed by atoms with E-state index >= 15 is 0 Å². The van der Waals surface area contributed by atoms with Gasteiger partial charge in [0, 0.05) is 30.3 Å². The third-order valence-electron chi connectivity index (χ3n) is 6.47. The molecule has 0 aliphatic carbocycles. The molecule has 2 aromatic rings. The number of nitrogens with one attached hydrogen (secondary N) is 1. The highest BCUT2D eigenvalue weighted by Gasteiger charge is 2.34. The van der Waals surface area contributed by atoms with Gasteiger partial charge in [0.2, 0.25) is 5.91 Å². The first-order chi connectivity index (χ1) is 15.5. The Bertz CT molecular complexity index is 1000. The molecule has 1 N–H and O–H groups in total. The highest BCUT2D eigenvalue weighted by molar-refractivity contribution is 5.99. The van der Waals surface area contributed by atoms with Crippen LogP contribution in [0.15, 0.2) is 36.4 Å². The standard InChI is InChI=1S/C28H37FN2O2/c1-18-14-23(26(32)30-12-11-28(4,5)6)15-19(2)25(18)31-17-21(13-20(3)27(31)33)16-22-9-7-8-10-24(22)29/h7-10,14-15,20-21H,11-13,16-17H2,1-6H3,(H,30,32)/t20-,21-/m1/s1. The minimum absolute atomic E-state index is 0.0900. The number of carbonyl (C=O) groups excluding carboxylic acids is 2. The van der Waals surface area contributed by atoms with E-state index in [4.69, 9.17) is 0 Å². The Morgan fingerprint density at radius 3 is 2.39 bits per heavy atom. The van der Waals surface area contributed by atoms with E-state index in [-0.39, 0.29) is 34.9 Å². The Balaban J connectivity index is 1.79. The zero-order valence-corrected chi connectivity index (χ0v) is 20.8. The molecular weight excluding hydrogens is 415 g/mol. The lowest BCUT2D eigenvalue weighted by molar-refractivity contribution is -0.124. The number of piperidine rings is 1. The van der Waals surface area contributed by atoms with Gasteiger partial charge in [0.05, 0.1) is 0 Å². The minimum Gasteiger partial charge on any atom is -0.352 e. The number of aryl methyl sites for hydroxylation is 2. The van der Waals surface area contributed by atoms with Gasteiger partial charge >= 0.3 is 0 Å². The molecule has 0 spiro atoms. The number of benzene rings is 2. The van der Waals surface area contributed by atoms with Crippen LogP contribution in [0.4, 0.5) is 10.1 Å². The van der Waals surface area contributed by atoms with Gasteiger partial charge in [0.1, 0.15) is 5.82 Å². The summed E-state index contributed by atoms with van der Waals surface area (Å²) in [6, 6.07) is 10.6. The van der Waals surface area contributed by atoms with Crippen LogP contribution in [0, 0.1) is 36.9 Å². The van der Waals surface area contributed by atoms with Crippen LogP contribution >= 0.6 is 0 Å². The molecule has 3 rings (SSSR count). The van der Waals surface area contributed by atoms with E-state index in [1.807, 2.05) is 49.9 Å². The Morgan fingerprint density at radius 2 is 1.79 bits per heavy atom. The van der Waals surface area contributed by atoms with Gasteiger partial charge in [-0.3, -0.25) is 9.59 Å². The summed E-state index contributed by atoms with van der Waals surface area (Å²) in [6.45, 7) is 13.5. The molecule has 2 aromatic carbocycles. The van der Waals surface area contributed by atoms with Crippen molar-refractivity contribution < 1.29 is 14.0 Å². The van der Waals surface area contributed by atoms with Crippen molar-refractivity contribution in [2.45, 2.75) is 60.8 Å². The van der Waals surface area contributed by atoms with Crippen LogP contribution in [0.3, 0.4) is 0 Å². The molecule has 5 heteroatoms. The maximum atomic E-state index is 14.2. The molecule has 2 atom stereocenters. The molecule has 0 unspecified atom stereocenters. The number of amides is 2. The monoisotopic (exact) mass is 452 g/mol. The molecule has 178 valence electrons. The van der Waals surface area contributed by atoms with Crippen molar-refractivity contribution in [3.05, 3.63) is 64.5 Å². The molecule has 1 heterocycles. The molecule has 0 bridgehead atoms. The second-order valence-corrected chi connectivity index (χ2v) is 10.8. The maximum Gasteiger partial charge on any atom is 0.251 e. The smallest absolute Gasteiger partial charge is 0.251 e. The predicted molar refractivity (Wildman–Crippen MR) is 132 cm³/mol. The molecule has 33 heavy (non-hydrogen) atoms. The Morgan fingerprint density at radius 1 is 1.15 bits per heavy atom. The third kappa shape index (κ3) is 6.21. The van der Waals surface area contributed by atoms with Crippen molar-refractivity contribution in [2.75, 3.05) is 18.0 Å². The van der Waals surface area contributed by atoms with Crippen LogP contribution in [0.1, 0.15) is 67.6 Å². The summed E-state index contributed by atoms with van der Waals surface area (Å²) < 4.78 is 14.2. The summed E-state index contributed by atoms with van der Waals surface area (Å²) in [5, 5.41) is 3.01. The van der Waals surface area contributed by atoms with Crippen LogP contribution in [0.2, 0.25) is 0 Å². The largest absolute Gasteiger partial charge is 0.352 e. The summed E-state index contributed by atoms with van der Waals surface area (Å²) in [5.74, 6) is -0.146. The van der Waals surface area contributed by atoms with Crippen molar-refractivity contribution in [2.24, 2.45) is 17.3 Å². The molecule has 2 amide bonds. The topological polar surface area (TPSA) is 49.4 Å². The van der Waals surface area contributed by atoms with Crippen molar-refractivity contribution in [1.82, 2.24) is 5.32 Å². The summed E-state index contributed by atoms with van der Waals surface area (Å²) in [6.07, 6.45) is 2.25. The summed E-state index contributed by atoms with van der Waals surface area (Å²) in [7, 11) is 0. The molecule has 1 saturated heterocycles. The van der Waals surface area contributed by atoms with E-state index < -0.39 is 0 Å².